The van der Waals surface area contributed by atoms with Crippen molar-refractivity contribution < 1.29 is 19.5 Å². The molecule has 0 bridgehead atoms. The van der Waals surface area contributed by atoms with E-state index in [9.17, 15) is 19.5 Å². The summed E-state index contributed by atoms with van der Waals surface area (Å²) in [6, 6.07) is 7.97. The largest absolute Gasteiger partial charge is 0.547 e. The van der Waals surface area contributed by atoms with E-state index >= 15 is 0 Å². The number of guanidine groups is 1. The molecule has 1 aromatic rings. The van der Waals surface area contributed by atoms with Gasteiger partial charge in [-0.15, -0.1) is 0 Å². The zero-order chi connectivity index (χ0) is 18.1. The number of benzene rings is 1. The first-order valence-electron chi connectivity index (χ1n) is 7.65. The zero-order valence-electron chi connectivity index (χ0n) is 13.8. The smallest absolute Gasteiger partial charge is 0.398 e. The predicted octanol–water partition coefficient (Wildman–Crippen LogP) is -2.44. The first kappa shape index (κ1) is 16.5. The van der Waals surface area contributed by atoms with Crippen molar-refractivity contribution in [2.45, 2.75) is 12.6 Å². The number of nitrogens with zero attached hydrogens (tertiary/aromatic N) is 4. The highest BCUT2D eigenvalue weighted by Crippen LogP contribution is 2.17. The summed E-state index contributed by atoms with van der Waals surface area (Å²) >= 11 is 0. The second-order valence-corrected chi connectivity index (χ2v) is 5.77. The van der Waals surface area contributed by atoms with Gasteiger partial charge in [-0.2, -0.15) is 0 Å². The van der Waals surface area contributed by atoms with Crippen molar-refractivity contribution in [3.05, 3.63) is 35.9 Å². The van der Waals surface area contributed by atoms with Gasteiger partial charge in [-0.1, -0.05) is 30.3 Å². The lowest BCUT2D eigenvalue weighted by Crippen LogP contribution is -2.65. The Hall–Kier alpha value is -3.32. The average molecular weight is 343 g/mol. The molecule has 9 heteroatoms. The van der Waals surface area contributed by atoms with E-state index in [0.717, 1.165) is 10.5 Å². The van der Waals surface area contributed by atoms with Crippen LogP contribution < -0.4 is 15.1 Å². The number of nitrogens with one attached hydrogen (secondary N) is 1. The number of amidine groups is 1. The summed E-state index contributed by atoms with van der Waals surface area (Å²) in [5.41, 5.74) is 0.964. The van der Waals surface area contributed by atoms with Gasteiger partial charge in [0.15, 0.2) is 0 Å². The molecule has 2 aliphatic rings. The number of carboxylic acid groups (broad SMARTS) is 1. The van der Waals surface area contributed by atoms with Crippen LogP contribution in [0.2, 0.25) is 0 Å². The van der Waals surface area contributed by atoms with Gasteiger partial charge >= 0.3 is 17.8 Å². The molecule has 0 aromatic heterocycles. The molecular formula is C16H17N5O4. The Bertz CT molecular complexity index is 800. The molecule has 25 heavy (non-hydrogen) atoms. The van der Waals surface area contributed by atoms with E-state index in [4.69, 9.17) is 0 Å². The molecule has 0 saturated carbocycles. The summed E-state index contributed by atoms with van der Waals surface area (Å²) in [6.45, 7) is -0.124. The molecule has 1 N–H and O–H groups in total. The molecule has 1 saturated heterocycles. The van der Waals surface area contributed by atoms with Crippen LogP contribution in [-0.4, -0.2) is 71.1 Å². The maximum absolute atomic E-state index is 12.5. The number of hydrogen-bond donors (Lipinski definition) is 1. The van der Waals surface area contributed by atoms with E-state index in [1.54, 1.807) is 0 Å². The summed E-state index contributed by atoms with van der Waals surface area (Å²) in [7, 11) is 2.85. The second kappa shape index (κ2) is 6.29. The number of likely N-dealkylation sites (N-methyl/N-ethyl adjacent to an activating group) is 2. The number of hydrogen-bond acceptors (Lipinski definition) is 6. The molecule has 2 aliphatic heterocycles. The number of aliphatic carboxylic acids is 1. The van der Waals surface area contributed by atoms with Crippen LogP contribution in [0.3, 0.4) is 0 Å². The van der Waals surface area contributed by atoms with E-state index in [1.807, 2.05) is 30.3 Å². The number of imide groups is 1. The number of carbonyl (C=O) groups is 3. The number of urea groups is 1. The van der Waals surface area contributed by atoms with Crippen LogP contribution in [0.25, 0.3) is 0 Å². The van der Waals surface area contributed by atoms with Gasteiger partial charge in [0.1, 0.15) is 0 Å². The van der Waals surface area contributed by atoms with Crippen LogP contribution in [-0.2, 0) is 16.1 Å². The van der Waals surface area contributed by atoms with Crippen molar-refractivity contribution in [2.75, 3.05) is 20.6 Å². The lowest BCUT2D eigenvalue weighted by Gasteiger charge is -2.32. The molecule has 0 aliphatic carbocycles. The number of fused-ring (bicyclic) bond motifs is 1. The molecule has 9 nitrogen and oxygen atoms in total. The Kier molecular flexibility index (Phi) is 4.16. The van der Waals surface area contributed by atoms with E-state index < -0.39 is 30.5 Å². The van der Waals surface area contributed by atoms with Gasteiger partial charge in [-0.25, -0.2) is 19.3 Å². The van der Waals surface area contributed by atoms with Gasteiger partial charge in [0.2, 0.25) is 6.04 Å². The van der Waals surface area contributed by atoms with E-state index in [1.165, 1.54) is 23.9 Å². The predicted molar refractivity (Wildman–Crippen MR) is 86.9 cm³/mol. The van der Waals surface area contributed by atoms with Crippen LogP contribution in [0.1, 0.15) is 5.56 Å². The first-order chi connectivity index (χ1) is 11.9. The molecule has 0 spiro atoms. The van der Waals surface area contributed by atoms with Gasteiger partial charge in [0.05, 0.1) is 26.1 Å². The van der Waals surface area contributed by atoms with Crippen LogP contribution in [0, 0.1) is 0 Å². The fourth-order valence-corrected chi connectivity index (χ4v) is 2.82. The minimum Gasteiger partial charge on any atom is -0.547 e. The fraction of sp³-hybridized carbons (Fsp3) is 0.312. The molecule has 1 fully saturated rings. The van der Waals surface area contributed by atoms with Crippen molar-refractivity contribution >= 4 is 29.7 Å². The SMILES string of the molecule is CN1C(=O)C2C(=[N+]=C(NCc3ccccc3)N2CC(=O)[O-])N(C)C1=O. The third-order valence-electron chi connectivity index (χ3n) is 4.12. The summed E-state index contributed by atoms with van der Waals surface area (Å²) in [5, 5.41) is 14.2. The average Bonchev–Trinajstić information content (AvgIpc) is 2.95. The summed E-state index contributed by atoms with van der Waals surface area (Å²) in [6.07, 6.45) is 0. The maximum atomic E-state index is 12.5. The highest BCUT2D eigenvalue weighted by atomic mass is 16.4. The molecule has 1 aromatic carbocycles. The monoisotopic (exact) mass is 343 g/mol. The minimum atomic E-state index is -1.34. The van der Waals surface area contributed by atoms with Crippen LogP contribution >= 0.6 is 0 Å². The van der Waals surface area contributed by atoms with Crippen molar-refractivity contribution in [1.82, 2.24) is 24.7 Å². The Morgan fingerprint density at radius 1 is 1.20 bits per heavy atom. The van der Waals surface area contributed by atoms with Crippen molar-refractivity contribution in [1.29, 1.82) is 0 Å². The third kappa shape index (κ3) is 2.92. The molecule has 1 unspecified atom stereocenters. The Balaban J connectivity index is 1.90. The van der Waals surface area contributed by atoms with E-state index in [2.05, 4.69) is 9.98 Å². The molecule has 3 amide bonds. The lowest BCUT2D eigenvalue weighted by atomic mass is 10.1. The van der Waals surface area contributed by atoms with Crippen molar-refractivity contribution in [2.24, 2.45) is 0 Å². The van der Waals surface area contributed by atoms with Crippen LogP contribution in [0.4, 0.5) is 4.79 Å². The number of amides is 3. The number of carbonyl (C=O) groups excluding carboxylic acids is 3. The lowest BCUT2D eigenvalue weighted by molar-refractivity contribution is -0.305. The standard InChI is InChI=1S/C16H17N5O4/c1-19-13-12(14(24)20(2)16(19)25)21(9-11(22)23)15(18-13)17-8-10-6-4-3-5-7-10/h3-7,12H,8-9H2,1-2H3,(H,22,23). The summed E-state index contributed by atoms with van der Waals surface area (Å²) in [5.74, 6) is -1.45. The van der Waals surface area contributed by atoms with Gasteiger partial charge in [0.25, 0.3) is 5.91 Å². The van der Waals surface area contributed by atoms with E-state index in [-0.39, 0.29) is 11.8 Å². The minimum absolute atomic E-state index is 0.199. The molecular weight excluding hydrogens is 326 g/mol. The van der Waals surface area contributed by atoms with Gasteiger partial charge < -0.3 is 9.90 Å². The van der Waals surface area contributed by atoms with Crippen molar-refractivity contribution in [3.63, 3.8) is 0 Å². The Morgan fingerprint density at radius 3 is 2.52 bits per heavy atom. The van der Waals surface area contributed by atoms with Gasteiger partial charge in [-0.3, -0.25) is 15.0 Å². The Labute approximate surface area is 143 Å². The quantitative estimate of drug-likeness (QED) is 0.608. The second-order valence-electron chi connectivity index (χ2n) is 5.77. The molecule has 2 heterocycles. The van der Waals surface area contributed by atoms with Crippen LogP contribution in [0.15, 0.2) is 30.3 Å². The van der Waals surface area contributed by atoms with Gasteiger partial charge in [0, 0.05) is 7.05 Å². The maximum Gasteiger partial charge on any atom is 0.398 e. The number of rotatable bonds is 4. The molecule has 3 rings (SSSR count). The number of carboxylic acids is 1. The molecule has 0 radical (unpaired) electrons. The van der Waals surface area contributed by atoms with E-state index in [0.29, 0.717) is 6.54 Å². The highest BCUT2D eigenvalue weighted by Gasteiger charge is 2.54. The summed E-state index contributed by atoms with van der Waals surface area (Å²) in [4.78, 5) is 39.2. The zero-order valence-corrected chi connectivity index (χ0v) is 13.8. The molecule has 1 atom stereocenters. The third-order valence-corrected chi connectivity index (χ3v) is 4.12. The normalized spacial score (nSPS) is 19.6. The molecule has 130 valence electrons. The summed E-state index contributed by atoms with van der Waals surface area (Å²) < 4.78 is 4.29. The van der Waals surface area contributed by atoms with Crippen molar-refractivity contribution in [3.8, 4) is 0 Å². The van der Waals surface area contributed by atoms with Gasteiger partial charge in [-0.05, 0) is 5.56 Å². The fourth-order valence-electron chi connectivity index (χ4n) is 2.82. The van der Waals surface area contributed by atoms with Crippen LogP contribution in [0.5, 0.6) is 0 Å². The first-order valence-corrected chi connectivity index (χ1v) is 7.65. The topological polar surface area (TPSA) is 110 Å². The Morgan fingerprint density at radius 2 is 1.88 bits per heavy atom. The highest BCUT2D eigenvalue weighted by molar-refractivity contribution is 6.23.